The highest BCUT2D eigenvalue weighted by molar-refractivity contribution is 9.10. The van der Waals surface area contributed by atoms with Crippen molar-refractivity contribution in [2.45, 2.75) is 6.10 Å². The maximum Gasteiger partial charge on any atom is 0.123 e. The molecule has 102 valence electrons. The summed E-state index contributed by atoms with van der Waals surface area (Å²) in [6, 6.07) is 13.0. The Bertz CT molecular complexity index is 655. The summed E-state index contributed by atoms with van der Waals surface area (Å²) >= 11 is 3.35. The molecule has 2 aromatic carbocycles. The normalized spacial score (nSPS) is 11.7. The van der Waals surface area contributed by atoms with E-state index in [-0.39, 0.29) is 12.4 Å². The molecule has 20 heavy (non-hydrogen) atoms. The third-order valence-corrected chi connectivity index (χ3v) is 3.47. The van der Waals surface area contributed by atoms with Crippen molar-refractivity contribution >= 4 is 21.6 Å². The zero-order valence-electron chi connectivity index (χ0n) is 10.5. The fourth-order valence-electron chi connectivity index (χ4n) is 1.77. The van der Waals surface area contributed by atoms with Crippen molar-refractivity contribution < 1.29 is 9.50 Å². The number of halogens is 2. The maximum absolute atomic E-state index is 13.1. The SMILES string of the molecule is N#Cc1ccc(NCC(O)c2cccc(F)c2)c(Br)c1. The lowest BCUT2D eigenvalue weighted by Gasteiger charge is -2.14. The van der Waals surface area contributed by atoms with Gasteiger partial charge in [0.1, 0.15) is 5.82 Å². The molecule has 3 nitrogen and oxygen atoms in total. The molecule has 0 spiro atoms. The Morgan fingerprint density at radius 3 is 2.75 bits per heavy atom. The first-order valence-electron chi connectivity index (χ1n) is 5.97. The van der Waals surface area contributed by atoms with Crippen LogP contribution in [-0.2, 0) is 0 Å². The molecule has 5 heteroatoms. The van der Waals surface area contributed by atoms with E-state index >= 15 is 0 Å². The highest BCUT2D eigenvalue weighted by atomic mass is 79.9. The van der Waals surface area contributed by atoms with Crippen LogP contribution in [0.1, 0.15) is 17.2 Å². The topological polar surface area (TPSA) is 56.0 Å². The van der Waals surface area contributed by atoms with Gasteiger partial charge in [-0.1, -0.05) is 12.1 Å². The van der Waals surface area contributed by atoms with E-state index in [0.29, 0.717) is 11.1 Å². The molecule has 0 saturated carbocycles. The summed E-state index contributed by atoms with van der Waals surface area (Å²) in [5.74, 6) is -0.374. The van der Waals surface area contributed by atoms with Crippen molar-refractivity contribution in [3.8, 4) is 6.07 Å². The summed E-state index contributed by atoms with van der Waals surface area (Å²) in [6.07, 6.45) is -0.812. The van der Waals surface area contributed by atoms with Gasteiger partial charge in [-0.3, -0.25) is 0 Å². The van der Waals surface area contributed by atoms with Gasteiger partial charge in [0.05, 0.1) is 17.7 Å². The number of aliphatic hydroxyl groups excluding tert-OH is 1. The van der Waals surface area contributed by atoms with Gasteiger partial charge in [0.25, 0.3) is 0 Å². The van der Waals surface area contributed by atoms with Crippen molar-refractivity contribution in [3.63, 3.8) is 0 Å². The van der Waals surface area contributed by atoms with Crippen molar-refractivity contribution in [1.82, 2.24) is 0 Å². The molecule has 1 atom stereocenters. The molecule has 2 rings (SSSR count). The van der Waals surface area contributed by atoms with E-state index in [2.05, 4.69) is 21.2 Å². The second kappa shape index (κ2) is 6.51. The predicted octanol–water partition coefficient (Wildman–Crippen LogP) is 3.61. The van der Waals surface area contributed by atoms with Crippen molar-refractivity contribution in [2.75, 3.05) is 11.9 Å². The Morgan fingerprint density at radius 1 is 1.30 bits per heavy atom. The first-order valence-corrected chi connectivity index (χ1v) is 6.76. The zero-order chi connectivity index (χ0) is 14.5. The Balaban J connectivity index is 2.04. The molecule has 0 aliphatic carbocycles. The monoisotopic (exact) mass is 334 g/mol. The average Bonchev–Trinajstić information content (AvgIpc) is 2.45. The molecule has 0 bridgehead atoms. The van der Waals surface area contributed by atoms with E-state index in [1.807, 2.05) is 6.07 Å². The third-order valence-electron chi connectivity index (χ3n) is 2.82. The Hall–Kier alpha value is -1.90. The molecule has 2 N–H and O–H groups in total. The Labute approximate surface area is 124 Å². The minimum atomic E-state index is -0.812. The lowest BCUT2D eigenvalue weighted by molar-refractivity contribution is 0.191. The Kier molecular flexibility index (Phi) is 4.72. The van der Waals surface area contributed by atoms with Gasteiger partial charge < -0.3 is 10.4 Å². The lowest BCUT2D eigenvalue weighted by Crippen LogP contribution is -2.12. The van der Waals surface area contributed by atoms with Gasteiger partial charge >= 0.3 is 0 Å². The summed E-state index contributed by atoms with van der Waals surface area (Å²) in [5.41, 5.74) is 1.83. The van der Waals surface area contributed by atoms with Crippen LogP contribution in [0.15, 0.2) is 46.9 Å². The number of hydrogen-bond acceptors (Lipinski definition) is 3. The van der Waals surface area contributed by atoms with E-state index in [4.69, 9.17) is 5.26 Å². The first-order chi connectivity index (χ1) is 9.60. The van der Waals surface area contributed by atoms with Crippen LogP contribution >= 0.6 is 15.9 Å². The van der Waals surface area contributed by atoms with Gasteiger partial charge in [-0.05, 0) is 51.8 Å². The van der Waals surface area contributed by atoms with E-state index in [1.165, 1.54) is 12.1 Å². The quantitative estimate of drug-likeness (QED) is 0.898. The Morgan fingerprint density at radius 2 is 2.10 bits per heavy atom. The molecular weight excluding hydrogens is 323 g/mol. The molecule has 0 radical (unpaired) electrons. The zero-order valence-corrected chi connectivity index (χ0v) is 12.1. The number of hydrogen-bond donors (Lipinski definition) is 2. The van der Waals surface area contributed by atoms with Crippen molar-refractivity contribution in [3.05, 3.63) is 63.9 Å². The first kappa shape index (κ1) is 14.5. The summed E-state index contributed by atoms with van der Waals surface area (Å²) < 4.78 is 13.8. The van der Waals surface area contributed by atoms with Crippen LogP contribution in [0.3, 0.4) is 0 Å². The van der Waals surface area contributed by atoms with Crippen LogP contribution in [0.5, 0.6) is 0 Å². The van der Waals surface area contributed by atoms with Crippen LogP contribution in [0.25, 0.3) is 0 Å². The summed E-state index contributed by atoms with van der Waals surface area (Å²) in [4.78, 5) is 0. The van der Waals surface area contributed by atoms with Crippen LogP contribution < -0.4 is 5.32 Å². The third kappa shape index (κ3) is 3.56. The number of nitrogens with zero attached hydrogens (tertiary/aromatic N) is 1. The van der Waals surface area contributed by atoms with Gasteiger partial charge in [-0.15, -0.1) is 0 Å². The average molecular weight is 335 g/mol. The molecule has 1 unspecified atom stereocenters. The molecule has 0 aliphatic rings. The highest BCUT2D eigenvalue weighted by Gasteiger charge is 2.09. The second-order valence-electron chi connectivity index (χ2n) is 4.26. The molecule has 0 aromatic heterocycles. The summed E-state index contributed by atoms with van der Waals surface area (Å²) in [5, 5.41) is 21.8. The summed E-state index contributed by atoms with van der Waals surface area (Å²) in [6.45, 7) is 0.244. The number of rotatable bonds is 4. The number of benzene rings is 2. The highest BCUT2D eigenvalue weighted by Crippen LogP contribution is 2.24. The van der Waals surface area contributed by atoms with Gasteiger partial charge in [0.15, 0.2) is 0 Å². The van der Waals surface area contributed by atoms with Gasteiger partial charge in [0.2, 0.25) is 0 Å². The summed E-state index contributed by atoms with van der Waals surface area (Å²) in [7, 11) is 0. The van der Waals surface area contributed by atoms with Crippen LogP contribution in [-0.4, -0.2) is 11.7 Å². The number of aliphatic hydroxyl groups is 1. The maximum atomic E-state index is 13.1. The minimum absolute atomic E-state index is 0.244. The smallest absolute Gasteiger partial charge is 0.123 e. The van der Waals surface area contributed by atoms with Gasteiger partial charge in [-0.25, -0.2) is 4.39 Å². The van der Waals surface area contributed by atoms with Crippen LogP contribution in [0.4, 0.5) is 10.1 Å². The minimum Gasteiger partial charge on any atom is -0.387 e. The fraction of sp³-hybridized carbons (Fsp3) is 0.133. The fourth-order valence-corrected chi connectivity index (χ4v) is 2.29. The molecule has 0 saturated heterocycles. The molecular formula is C15H12BrFN2O. The predicted molar refractivity (Wildman–Crippen MR) is 78.7 cm³/mol. The van der Waals surface area contributed by atoms with Crippen LogP contribution in [0.2, 0.25) is 0 Å². The number of nitriles is 1. The molecule has 2 aromatic rings. The van der Waals surface area contributed by atoms with Gasteiger partial charge in [-0.2, -0.15) is 5.26 Å². The number of anilines is 1. The molecule has 0 heterocycles. The molecule has 0 fully saturated rings. The standard InChI is InChI=1S/C15H12BrFN2O/c16-13-6-10(8-18)4-5-14(13)19-9-15(20)11-2-1-3-12(17)7-11/h1-7,15,19-20H,9H2. The van der Waals surface area contributed by atoms with E-state index in [1.54, 1.807) is 30.3 Å². The largest absolute Gasteiger partial charge is 0.387 e. The van der Waals surface area contributed by atoms with E-state index in [9.17, 15) is 9.50 Å². The van der Waals surface area contributed by atoms with Gasteiger partial charge in [0, 0.05) is 16.7 Å². The van der Waals surface area contributed by atoms with E-state index < -0.39 is 6.10 Å². The molecule has 0 aliphatic heterocycles. The molecule has 0 amide bonds. The second-order valence-corrected chi connectivity index (χ2v) is 5.11. The van der Waals surface area contributed by atoms with Crippen molar-refractivity contribution in [1.29, 1.82) is 5.26 Å². The van der Waals surface area contributed by atoms with Crippen LogP contribution in [0, 0.1) is 17.1 Å². The van der Waals surface area contributed by atoms with Crippen molar-refractivity contribution in [2.24, 2.45) is 0 Å². The van der Waals surface area contributed by atoms with E-state index in [0.717, 1.165) is 10.2 Å². The number of nitrogens with one attached hydrogen (secondary N) is 1. The lowest BCUT2D eigenvalue weighted by atomic mass is 10.1.